The van der Waals surface area contributed by atoms with E-state index < -0.39 is 0 Å². The molecule has 2 aromatic heterocycles. The highest BCUT2D eigenvalue weighted by Crippen LogP contribution is 2.42. The highest BCUT2D eigenvalue weighted by molar-refractivity contribution is 6.18. The molecular weight excluding hydrogens is 669 g/mol. The van der Waals surface area contributed by atoms with Crippen molar-refractivity contribution in [1.82, 2.24) is 4.57 Å². The Morgan fingerprint density at radius 2 is 1.18 bits per heavy atom. The number of fused-ring (bicyclic) bond motifs is 8. The maximum atomic E-state index is 6.45. The van der Waals surface area contributed by atoms with Crippen molar-refractivity contribution in [1.29, 1.82) is 0 Å². The van der Waals surface area contributed by atoms with Crippen LogP contribution in [0, 0.1) is 0 Å². The zero-order valence-corrected chi connectivity index (χ0v) is 30.0. The predicted octanol–water partition coefficient (Wildman–Crippen LogP) is 14.3. The van der Waals surface area contributed by atoms with Crippen molar-refractivity contribution in [3.8, 4) is 16.8 Å². The van der Waals surface area contributed by atoms with Crippen LogP contribution in [-0.2, 0) is 0 Å². The van der Waals surface area contributed by atoms with Crippen LogP contribution in [-0.4, -0.2) is 4.57 Å². The Balaban J connectivity index is 1.12. The molecule has 0 bridgehead atoms. The first-order chi connectivity index (χ1) is 27.2. The summed E-state index contributed by atoms with van der Waals surface area (Å²) in [4.78, 5) is 2.28. The van der Waals surface area contributed by atoms with E-state index in [0.717, 1.165) is 72.3 Å². The average molecular weight is 703 g/mol. The first kappa shape index (κ1) is 31.2. The molecule has 10 aromatic rings. The van der Waals surface area contributed by atoms with Gasteiger partial charge in [0.2, 0.25) is 0 Å². The summed E-state index contributed by atoms with van der Waals surface area (Å²) >= 11 is 0. The molecule has 0 aliphatic carbocycles. The van der Waals surface area contributed by atoms with Crippen molar-refractivity contribution in [2.75, 3.05) is 4.90 Å². The van der Waals surface area contributed by atoms with Crippen LogP contribution < -0.4 is 4.90 Å². The molecule has 0 atom stereocenters. The van der Waals surface area contributed by atoms with Crippen molar-refractivity contribution in [2.45, 2.75) is 0 Å². The Morgan fingerprint density at radius 1 is 0.455 bits per heavy atom. The van der Waals surface area contributed by atoms with E-state index in [1.54, 1.807) is 0 Å². The van der Waals surface area contributed by atoms with E-state index in [1.165, 1.54) is 32.7 Å². The third-order valence-electron chi connectivity index (χ3n) is 11.1. The van der Waals surface area contributed by atoms with Gasteiger partial charge in [0.1, 0.15) is 11.2 Å². The fourth-order valence-corrected chi connectivity index (χ4v) is 8.45. The molecule has 0 unspecified atom stereocenters. The molecular formula is C52H34N2O. The zero-order valence-electron chi connectivity index (χ0n) is 30.0. The van der Waals surface area contributed by atoms with Gasteiger partial charge in [-0.1, -0.05) is 128 Å². The molecule has 0 saturated heterocycles. The van der Waals surface area contributed by atoms with Crippen LogP contribution in [0.3, 0.4) is 0 Å². The Labute approximate surface area is 318 Å². The lowest BCUT2D eigenvalue weighted by molar-refractivity contribution is 0.669. The molecule has 0 N–H and O–H groups in total. The number of hydrogen-bond acceptors (Lipinski definition) is 2. The minimum atomic E-state index is 0.885. The lowest BCUT2D eigenvalue weighted by Crippen LogP contribution is -2.11. The molecule has 8 aromatic carbocycles. The molecule has 55 heavy (non-hydrogen) atoms. The van der Waals surface area contributed by atoms with Crippen LogP contribution in [0.25, 0.3) is 82.5 Å². The lowest BCUT2D eigenvalue weighted by Gasteiger charge is -2.26. The number of hydrogen-bond donors (Lipinski definition) is 0. The molecule has 0 fully saturated rings. The van der Waals surface area contributed by atoms with Gasteiger partial charge in [0.25, 0.3) is 0 Å². The van der Waals surface area contributed by atoms with E-state index >= 15 is 0 Å². The second-order valence-electron chi connectivity index (χ2n) is 14.3. The molecule has 258 valence electrons. The van der Waals surface area contributed by atoms with Gasteiger partial charge in [0.05, 0.1) is 22.4 Å². The average Bonchev–Trinajstić information content (AvgIpc) is 3.76. The fourth-order valence-electron chi connectivity index (χ4n) is 8.45. The molecule has 0 radical (unpaired) electrons. The van der Waals surface area contributed by atoms with Crippen molar-refractivity contribution < 1.29 is 4.42 Å². The molecule has 0 spiro atoms. The molecule has 3 heterocycles. The number of rotatable bonds is 4. The molecule has 11 rings (SSSR count). The Morgan fingerprint density at radius 3 is 2.11 bits per heavy atom. The number of aromatic nitrogens is 1. The number of nitrogens with zero attached hydrogens (tertiary/aromatic N) is 2. The Kier molecular flexibility index (Phi) is 7.01. The fraction of sp³-hybridized carbons (Fsp3) is 0. The van der Waals surface area contributed by atoms with Gasteiger partial charge in [-0.2, -0.15) is 0 Å². The van der Waals surface area contributed by atoms with Crippen LogP contribution in [0.5, 0.6) is 0 Å². The van der Waals surface area contributed by atoms with Crippen molar-refractivity contribution in [3.05, 3.63) is 212 Å². The second kappa shape index (κ2) is 12.4. The van der Waals surface area contributed by atoms with Gasteiger partial charge in [-0.25, -0.2) is 0 Å². The minimum absolute atomic E-state index is 0.885. The molecule has 3 nitrogen and oxygen atoms in total. The monoisotopic (exact) mass is 702 g/mol. The molecule has 0 amide bonds. The summed E-state index contributed by atoms with van der Waals surface area (Å²) in [6.07, 6.45) is 6.65. The highest BCUT2D eigenvalue weighted by Gasteiger charge is 2.20. The largest absolute Gasteiger partial charge is 0.456 e. The quantitative estimate of drug-likeness (QED) is 0.182. The van der Waals surface area contributed by atoms with Gasteiger partial charge in [-0.3, -0.25) is 0 Å². The Hall–Kier alpha value is -7.36. The topological polar surface area (TPSA) is 21.3 Å². The van der Waals surface area contributed by atoms with Crippen LogP contribution >= 0.6 is 0 Å². The van der Waals surface area contributed by atoms with Crippen molar-refractivity contribution in [3.63, 3.8) is 0 Å². The SMILES string of the molecule is C=C1/C=C(c2ccc3c(c2)c2cc4c(cc2n3-c2cccc3ccccc23)oc2ccccc24)\C=C/N(c2cccc(-c3ccccc3)c2)c2ccccc21. The van der Waals surface area contributed by atoms with Crippen LogP contribution in [0.2, 0.25) is 0 Å². The van der Waals surface area contributed by atoms with Gasteiger partial charge >= 0.3 is 0 Å². The minimum Gasteiger partial charge on any atom is -0.456 e. The third-order valence-corrected chi connectivity index (χ3v) is 11.1. The van der Waals surface area contributed by atoms with E-state index in [2.05, 4.69) is 204 Å². The van der Waals surface area contributed by atoms with E-state index in [-0.39, 0.29) is 0 Å². The van der Waals surface area contributed by atoms with E-state index in [9.17, 15) is 0 Å². The van der Waals surface area contributed by atoms with E-state index in [1.807, 2.05) is 6.07 Å². The van der Waals surface area contributed by atoms with Gasteiger partial charge in [-0.05, 0) is 93.9 Å². The first-order valence-electron chi connectivity index (χ1n) is 18.7. The number of para-hydroxylation sites is 2. The van der Waals surface area contributed by atoms with Gasteiger partial charge in [0, 0.05) is 50.4 Å². The summed E-state index contributed by atoms with van der Waals surface area (Å²) in [6, 6.07) is 62.7. The van der Waals surface area contributed by atoms with Gasteiger partial charge < -0.3 is 13.9 Å². The standard InChI is InChI=1S/C52H34N2O/c1-34-29-39(27-28-53(47-22-9-7-19-41(34)47)40-18-11-17-37(30-40)35-13-3-2-4-14-35)38-25-26-49-44(31-38)45-32-46-43-21-8-10-24-51(43)55-52(46)33-50(45)54(49)48-23-12-16-36-15-5-6-20-42(36)48/h2-33H,1H2/b28-27-,39-29+. The van der Waals surface area contributed by atoms with Crippen molar-refractivity contribution >= 4 is 77.0 Å². The van der Waals surface area contributed by atoms with E-state index in [0.29, 0.717) is 0 Å². The summed E-state index contributed by atoms with van der Waals surface area (Å²) < 4.78 is 8.86. The summed E-state index contributed by atoms with van der Waals surface area (Å²) in [5, 5.41) is 7.02. The van der Waals surface area contributed by atoms with Crippen LogP contribution in [0.15, 0.2) is 205 Å². The zero-order chi connectivity index (χ0) is 36.5. The highest BCUT2D eigenvalue weighted by atomic mass is 16.3. The summed E-state index contributed by atoms with van der Waals surface area (Å²) in [7, 11) is 0. The number of furan rings is 1. The molecule has 1 aliphatic heterocycles. The summed E-state index contributed by atoms with van der Waals surface area (Å²) in [6.45, 7) is 4.62. The van der Waals surface area contributed by atoms with Gasteiger partial charge in [0.15, 0.2) is 0 Å². The second-order valence-corrected chi connectivity index (χ2v) is 14.3. The van der Waals surface area contributed by atoms with E-state index in [4.69, 9.17) is 4.42 Å². The first-order valence-corrected chi connectivity index (χ1v) is 18.7. The normalized spacial score (nSPS) is 14.7. The number of benzene rings is 8. The maximum Gasteiger partial charge on any atom is 0.137 e. The van der Waals surface area contributed by atoms with Crippen molar-refractivity contribution in [2.24, 2.45) is 0 Å². The predicted molar refractivity (Wildman–Crippen MR) is 232 cm³/mol. The smallest absolute Gasteiger partial charge is 0.137 e. The van der Waals surface area contributed by atoms with Gasteiger partial charge in [-0.15, -0.1) is 0 Å². The number of allylic oxidation sites excluding steroid dienone is 4. The summed E-state index contributed by atoms with van der Waals surface area (Å²) in [5.74, 6) is 0. The molecule has 0 saturated carbocycles. The summed E-state index contributed by atoms with van der Waals surface area (Å²) in [5.41, 5.74) is 14.0. The maximum absolute atomic E-state index is 6.45. The Bertz CT molecular complexity index is 3220. The lowest BCUT2D eigenvalue weighted by atomic mass is 9.95. The molecule has 1 aliphatic rings. The third kappa shape index (κ3) is 5.05. The molecule has 3 heteroatoms. The number of anilines is 2. The van der Waals surface area contributed by atoms with Crippen LogP contribution in [0.1, 0.15) is 11.1 Å². The van der Waals surface area contributed by atoms with Crippen LogP contribution in [0.4, 0.5) is 11.4 Å².